The molecule has 0 unspecified atom stereocenters. The molecule has 0 spiro atoms. The minimum atomic E-state index is -0.387. The smallest absolute Gasteiger partial charge is 0.332 e. The highest BCUT2D eigenvalue weighted by molar-refractivity contribution is 5.62. The van der Waals surface area contributed by atoms with Crippen LogP contribution in [0.1, 0.15) is 25.5 Å². The summed E-state index contributed by atoms with van der Waals surface area (Å²) in [6.45, 7) is 5.47. The summed E-state index contributed by atoms with van der Waals surface area (Å²) in [5.74, 6) is 1.53. The topological polar surface area (TPSA) is 84.2 Å². The third kappa shape index (κ3) is 2.74. The lowest BCUT2D eigenvalue weighted by Gasteiger charge is -2.31. The minimum absolute atomic E-state index is 0.0218. The average molecular weight is 265 g/mol. The highest BCUT2D eigenvalue weighted by atomic mass is 16.6. The summed E-state index contributed by atoms with van der Waals surface area (Å²) >= 11 is 0. The van der Waals surface area contributed by atoms with Crippen LogP contribution in [0, 0.1) is 23.0 Å². The zero-order valence-electron chi connectivity index (χ0n) is 11.5. The lowest BCUT2D eigenvalue weighted by atomic mass is 9.99. The first kappa shape index (κ1) is 13.5. The fourth-order valence-corrected chi connectivity index (χ4v) is 2.32. The summed E-state index contributed by atoms with van der Waals surface area (Å²) in [7, 11) is 1.71. The second-order valence-electron chi connectivity index (χ2n) is 4.98. The monoisotopic (exact) mass is 265 g/mol. The van der Waals surface area contributed by atoms with Crippen LogP contribution in [0.15, 0.2) is 0 Å². The molecule has 1 aromatic heterocycles. The first-order valence-electron chi connectivity index (χ1n) is 6.48. The van der Waals surface area contributed by atoms with Crippen molar-refractivity contribution >= 4 is 17.5 Å². The Kier molecular flexibility index (Phi) is 3.82. The van der Waals surface area contributed by atoms with Gasteiger partial charge in [0.05, 0.1) is 4.92 Å². The summed E-state index contributed by atoms with van der Waals surface area (Å²) < 4.78 is 0. The molecule has 0 aromatic carbocycles. The Morgan fingerprint density at radius 3 is 2.53 bits per heavy atom. The van der Waals surface area contributed by atoms with Gasteiger partial charge in [-0.05, 0) is 25.7 Å². The molecule has 104 valence electrons. The predicted molar refractivity (Wildman–Crippen MR) is 73.6 cm³/mol. The summed E-state index contributed by atoms with van der Waals surface area (Å²) in [6.07, 6.45) is 2.07. The quantitative estimate of drug-likeness (QED) is 0.664. The number of nitrogens with one attached hydrogen (secondary N) is 1. The number of nitrogens with zero attached hydrogens (tertiary/aromatic N) is 4. The van der Waals surface area contributed by atoms with Crippen LogP contribution < -0.4 is 10.2 Å². The molecule has 0 atom stereocenters. The molecule has 1 saturated heterocycles. The number of hydrogen-bond acceptors (Lipinski definition) is 6. The first-order valence-corrected chi connectivity index (χ1v) is 6.48. The molecule has 7 heteroatoms. The van der Waals surface area contributed by atoms with E-state index in [2.05, 4.69) is 22.2 Å². The molecule has 2 rings (SSSR count). The molecule has 2 heterocycles. The number of piperidine rings is 1. The van der Waals surface area contributed by atoms with Crippen molar-refractivity contribution in [3.05, 3.63) is 15.8 Å². The van der Waals surface area contributed by atoms with Gasteiger partial charge in [0, 0.05) is 20.1 Å². The number of nitro groups is 1. The van der Waals surface area contributed by atoms with Crippen molar-refractivity contribution in [2.45, 2.75) is 26.7 Å². The Morgan fingerprint density at radius 1 is 1.37 bits per heavy atom. The van der Waals surface area contributed by atoms with Crippen LogP contribution in [0.5, 0.6) is 0 Å². The van der Waals surface area contributed by atoms with Crippen LogP contribution in [-0.2, 0) is 0 Å². The lowest BCUT2D eigenvalue weighted by molar-refractivity contribution is -0.385. The van der Waals surface area contributed by atoms with E-state index in [0.717, 1.165) is 25.9 Å². The number of rotatable bonds is 3. The molecule has 1 fully saturated rings. The van der Waals surface area contributed by atoms with E-state index in [-0.39, 0.29) is 10.6 Å². The average Bonchev–Trinajstić information content (AvgIpc) is 2.38. The van der Waals surface area contributed by atoms with Crippen LogP contribution in [0.3, 0.4) is 0 Å². The van der Waals surface area contributed by atoms with Crippen molar-refractivity contribution in [1.29, 1.82) is 0 Å². The molecule has 0 amide bonds. The van der Waals surface area contributed by atoms with Gasteiger partial charge in [0.25, 0.3) is 0 Å². The van der Waals surface area contributed by atoms with Crippen molar-refractivity contribution in [3.8, 4) is 0 Å². The first-order chi connectivity index (χ1) is 9.02. The molecule has 1 aliphatic rings. The Hall–Kier alpha value is -1.92. The molecular formula is C12H19N5O2. The molecule has 0 radical (unpaired) electrons. The second kappa shape index (κ2) is 5.38. The van der Waals surface area contributed by atoms with Gasteiger partial charge in [-0.3, -0.25) is 10.1 Å². The third-order valence-electron chi connectivity index (χ3n) is 3.53. The van der Waals surface area contributed by atoms with Gasteiger partial charge in [-0.25, -0.2) is 4.98 Å². The second-order valence-corrected chi connectivity index (χ2v) is 4.98. The summed E-state index contributed by atoms with van der Waals surface area (Å²) in [4.78, 5) is 21.2. The van der Waals surface area contributed by atoms with E-state index in [4.69, 9.17) is 0 Å². The Labute approximate surface area is 112 Å². The molecule has 1 aliphatic heterocycles. The molecule has 19 heavy (non-hydrogen) atoms. The van der Waals surface area contributed by atoms with E-state index in [1.54, 1.807) is 14.0 Å². The lowest BCUT2D eigenvalue weighted by Crippen LogP contribution is -2.34. The van der Waals surface area contributed by atoms with E-state index in [9.17, 15) is 10.1 Å². The van der Waals surface area contributed by atoms with Crippen molar-refractivity contribution in [2.75, 3.05) is 30.4 Å². The van der Waals surface area contributed by atoms with Crippen LogP contribution in [0.4, 0.5) is 17.5 Å². The van der Waals surface area contributed by atoms with Gasteiger partial charge in [0.15, 0.2) is 0 Å². The fraction of sp³-hybridized carbons (Fsp3) is 0.667. The zero-order valence-corrected chi connectivity index (χ0v) is 11.5. The van der Waals surface area contributed by atoms with Gasteiger partial charge in [-0.15, -0.1) is 0 Å². The van der Waals surface area contributed by atoms with Crippen molar-refractivity contribution in [2.24, 2.45) is 5.92 Å². The molecule has 0 bridgehead atoms. The Balaban J connectivity index is 2.41. The maximum atomic E-state index is 11.2. The maximum absolute atomic E-state index is 11.2. The van der Waals surface area contributed by atoms with Gasteiger partial charge < -0.3 is 10.2 Å². The standard InChI is InChI=1S/C12H19N5O2/c1-8-4-6-16(7-5-8)11-10(17(18)19)9(2)14-12(13-3)15-11/h8H,4-7H2,1-3H3,(H,13,14,15). The SMILES string of the molecule is CNc1nc(C)c([N+](=O)[O-])c(N2CCC(C)CC2)n1. The van der Waals surface area contributed by atoms with E-state index in [0.29, 0.717) is 23.4 Å². The van der Waals surface area contributed by atoms with Gasteiger partial charge in [-0.1, -0.05) is 6.92 Å². The van der Waals surface area contributed by atoms with Crippen molar-refractivity contribution in [1.82, 2.24) is 9.97 Å². The highest BCUT2D eigenvalue weighted by Crippen LogP contribution is 2.32. The summed E-state index contributed by atoms with van der Waals surface area (Å²) in [5.41, 5.74) is 0.423. The zero-order chi connectivity index (χ0) is 14.0. The number of aromatic nitrogens is 2. The number of hydrogen-bond donors (Lipinski definition) is 1. The highest BCUT2D eigenvalue weighted by Gasteiger charge is 2.28. The Bertz CT molecular complexity index is 483. The van der Waals surface area contributed by atoms with Gasteiger partial charge in [0.2, 0.25) is 11.8 Å². The predicted octanol–water partition coefficient (Wildman–Crippen LogP) is 1.97. The van der Waals surface area contributed by atoms with Crippen LogP contribution >= 0.6 is 0 Å². The van der Waals surface area contributed by atoms with E-state index < -0.39 is 0 Å². The largest absolute Gasteiger partial charge is 0.357 e. The third-order valence-corrected chi connectivity index (χ3v) is 3.53. The maximum Gasteiger partial charge on any atom is 0.332 e. The summed E-state index contributed by atoms with van der Waals surface area (Å²) in [5, 5.41) is 14.1. The normalized spacial score (nSPS) is 16.5. The van der Waals surface area contributed by atoms with E-state index >= 15 is 0 Å². The fourth-order valence-electron chi connectivity index (χ4n) is 2.32. The number of anilines is 2. The van der Waals surface area contributed by atoms with Crippen LogP contribution in [-0.4, -0.2) is 35.0 Å². The molecular weight excluding hydrogens is 246 g/mol. The number of aryl methyl sites for hydroxylation is 1. The van der Waals surface area contributed by atoms with E-state index in [1.807, 2.05) is 4.90 Å². The molecule has 0 aliphatic carbocycles. The van der Waals surface area contributed by atoms with E-state index in [1.165, 1.54) is 0 Å². The van der Waals surface area contributed by atoms with Gasteiger partial charge in [-0.2, -0.15) is 4.98 Å². The molecule has 0 saturated carbocycles. The van der Waals surface area contributed by atoms with Crippen molar-refractivity contribution in [3.63, 3.8) is 0 Å². The molecule has 7 nitrogen and oxygen atoms in total. The van der Waals surface area contributed by atoms with Crippen LogP contribution in [0.2, 0.25) is 0 Å². The van der Waals surface area contributed by atoms with Gasteiger partial charge in [0.1, 0.15) is 5.69 Å². The molecule has 1 aromatic rings. The Morgan fingerprint density at radius 2 is 2.00 bits per heavy atom. The van der Waals surface area contributed by atoms with Gasteiger partial charge >= 0.3 is 5.69 Å². The van der Waals surface area contributed by atoms with Crippen molar-refractivity contribution < 1.29 is 4.92 Å². The van der Waals surface area contributed by atoms with Crippen LogP contribution in [0.25, 0.3) is 0 Å². The summed E-state index contributed by atoms with van der Waals surface area (Å²) in [6, 6.07) is 0. The molecule has 1 N–H and O–H groups in total. The minimum Gasteiger partial charge on any atom is -0.357 e.